The van der Waals surface area contributed by atoms with E-state index in [0.717, 1.165) is 0 Å². The number of hydrogen-bond donors (Lipinski definition) is 10. The van der Waals surface area contributed by atoms with Crippen molar-refractivity contribution in [2.75, 3.05) is 19.7 Å². The van der Waals surface area contributed by atoms with E-state index in [1.807, 2.05) is 0 Å². The molecule has 0 aromatic carbocycles. The van der Waals surface area contributed by atoms with Crippen molar-refractivity contribution in [2.45, 2.75) is 104 Å². The van der Waals surface area contributed by atoms with Gasteiger partial charge in [-0.1, -0.05) is 0 Å². The molecule has 14 N–H and O–H groups in total. The minimum atomic E-state index is -1.57. The number of amides is 1. The quantitative estimate of drug-likeness (QED) is 0.112. The highest BCUT2D eigenvalue weighted by Crippen LogP contribution is 2.33. The SMILES string of the molecule is NCCC(O)C(=O)NC1CC(N)C(OC2OC(CN)CC(Cl)C2N)C(OC2OC(CO)C(O)C2O)C1O. The molecule has 0 spiro atoms. The van der Waals surface area contributed by atoms with Crippen LogP contribution in [0.1, 0.15) is 19.3 Å². The molecule has 2 saturated heterocycles. The molecule has 0 radical (unpaired) electrons. The van der Waals surface area contributed by atoms with Gasteiger partial charge in [0.25, 0.3) is 0 Å². The Kier molecular flexibility index (Phi) is 11.3. The van der Waals surface area contributed by atoms with E-state index in [4.69, 9.17) is 53.5 Å². The molecule has 3 fully saturated rings. The van der Waals surface area contributed by atoms with Crippen LogP contribution < -0.4 is 28.3 Å². The molecule has 216 valence electrons. The summed E-state index contributed by atoms with van der Waals surface area (Å²) < 4.78 is 23.2. The summed E-state index contributed by atoms with van der Waals surface area (Å²) in [7, 11) is 0. The van der Waals surface area contributed by atoms with Crippen LogP contribution in [0.4, 0.5) is 0 Å². The number of nitrogens with one attached hydrogen (secondary N) is 1. The van der Waals surface area contributed by atoms with Gasteiger partial charge < -0.3 is 72.7 Å². The van der Waals surface area contributed by atoms with Gasteiger partial charge in [-0.2, -0.15) is 0 Å². The second-order valence-electron chi connectivity index (χ2n) is 9.70. The zero-order chi connectivity index (χ0) is 27.4. The molecule has 37 heavy (non-hydrogen) atoms. The summed E-state index contributed by atoms with van der Waals surface area (Å²) >= 11 is 6.36. The number of rotatable bonds is 10. The van der Waals surface area contributed by atoms with Gasteiger partial charge in [-0.3, -0.25) is 4.79 Å². The first-order chi connectivity index (χ1) is 17.5. The Labute approximate surface area is 219 Å². The molecular formula is C21H40ClN5O10. The second-order valence-corrected chi connectivity index (χ2v) is 10.3. The van der Waals surface area contributed by atoms with Crippen LogP contribution in [0.3, 0.4) is 0 Å². The third-order valence-corrected chi connectivity index (χ3v) is 7.45. The van der Waals surface area contributed by atoms with Gasteiger partial charge in [0, 0.05) is 12.6 Å². The molecule has 0 aromatic rings. The predicted octanol–water partition coefficient (Wildman–Crippen LogP) is -5.51. The van der Waals surface area contributed by atoms with Gasteiger partial charge in [0.1, 0.15) is 42.7 Å². The maximum absolute atomic E-state index is 12.4. The van der Waals surface area contributed by atoms with E-state index >= 15 is 0 Å². The number of aliphatic hydroxyl groups is 5. The Bertz CT molecular complexity index is 746. The van der Waals surface area contributed by atoms with Crippen LogP contribution in [0.15, 0.2) is 0 Å². The third kappa shape index (κ3) is 7.06. The van der Waals surface area contributed by atoms with Crippen LogP contribution in [0.25, 0.3) is 0 Å². The Balaban J connectivity index is 1.82. The summed E-state index contributed by atoms with van der Waals surface area (Å²) in [6.45, 7) is -0.358. The molecule has 14 atom stereocenters. The lowest BCUT2D eigenvalue weighted by molar-refractivity contribution is -0.287. The van der Waals surface area contributed by atoms with E-state index in [9.17, 15) is 30.3 Å². The van der Waals surface area contributed by atoms with E-state index < -0.39 is 97.4 Å². The van der Waals surface area contributed by atoms with Crippen molar-refractivity contribution in [3.63, 3.8) is 0 Å². The molecule has 2 aliphatic heterocycles. The average Bonchev–Trinajstić information content (AvgIpc) is 3.14. The first-order valence-corrected chi connectivity index (χ1v) is 12.8. The molecule has 3 aliphatic rings. The van der Waals surface area contributed by atoms with E-state index in [1.54, 1.807) is 0 Å². The fourth-order valence-electron chi connectivity index (χ4n) is 4.76. The molecule has 3 rings (SSSR count). The monoisotopic (exact) mass is 557 g/mol. The van der Waals surface area contributed by atoms with Crippen molar-refractivity contribution in [3.8, 4) is 0 Å². The summed E-state index contributed by atoms with van der Waals surface area (Å²) in [5, 5.41) is 53.1. The van der Waals surface area contributed by atoms with Crippen molar-refractivity contribution in [1.29, 1.82) is 0 Å². The molecule has 15 nitrogen and oxygen atoms in total. The van der Waals surface area contributed by atoms with Crippen LogP contribution in [0.2, 0.25) is 0 Å². The number of hydrogen-bond acceptors (Lipinski definition) is 14. The van der Waals surface area contributed by atoms with Crippen LogP contribution in [-0.2, 0) is 23.7 Å². The van der Waals surface area contributed by atoms with E-state index in [1.165, 1.54) is 0 Å². The van der Waals surface area contributed by atoms with Gasteiger partial charge in [0.05, 0.1) is 30.2 Å². The summed E-state index contributed by atoms with van der Waals surface area (Å²) in [5.41, 5.74) is 23.7. The molecule has 2 heterocycles. The normalized spacial score (nSPS) is 45.5. The fourth-order valence-corrected chi connectivity index (χ4v) is 5.08. The van der Waals surface area contributed by atoms with Crippen LogP contribution in [0.5, 0.6) is 0 Å². The molecular weight excluding hydrogens is 518 g/mol. The summed E-state index contributed by atoms with van der Waals surface area (Å²) in [4.78, 5) is 12.4. The Morgan fingerprint density at radius 3 is 2.30 bits per heavy atom. The Hall–Kier alpha value is -0.760. The number of alkyl halides is 1. The first-order valence-electron chi connectivity index (χ1n) is 12.3. The highest BCUT2D eigenvalue weighted by molar-refractivity contribution is 6.21. The van der Waals surface area contributed by atoms with Crippen LogP contribution >= 0.6 is 11.6 Å². The van der Waals surface area contributed by atoms with Gasteiger partial charge in [-0.25, -0.2) is 0 Å². The van der Waals surface area contributed by atoms with Crippen molar-refractivity contribution in [2.24, 2.45) is 22.9 Å². The zero-order valence-corrected chi connectivity index (χ0v) is 21.0. The van der Waals surface area contributed by atoms with Gasteiger partial charge in [-0.15, -0.1) is 11.6 Å². The molecule has 14 unspecified atom stereocenters. The maximum Gasteiger partial charge on any atom is 0.249 e. The molecule has 0 aromatic heterocycles. The first kappa shape index (κ1) is 30.8. The number of carbonyl (C=O) groups excluding carboxylic acids is 1. The lowest BCUT2D eigenvalue weighted by Gasteiger charge is -2.47. The number of carbonyl (C=O) groups is 1. The van der Waals surface area contributed by atoms with Gasteiger partial charge in [0.2, 0.25) is 5.91 Å². The van der Waals surface area contributed by atoms with Gasteiger partial charge >= 0.3 is 0 Å². The van der Waals surface area contributed by atoms with Gasteiger partial charge in [-0.05, 0) is 25.8 Å². The Morgan fingerprint density at radius 2 is 1.70 bits per heavy atom. The summed E-state index contributed by atoms with van der Waals surface area (Å²) in [6.07, 6.45) is -12.0. The topological polar surface area (TPSA) is 271 Å². The van der Waals surface area contributed by atoms with Crippen molar-refractivity contribution in [3.05, 3.63) is 0 Å². The summed E-state index contributed by atoms with van der Waals surface area (Å²) in [5.74, 6) is -0.763. The van der Waals surface area contributed by atoms with Crippen molar-refractivity contribution in [1.82, 2.24) is 5.32 Å². The largest absolute Gasteiger partial charge is 0.394 e. The molecule has 1 saturated carbocycles. The minimum Gasteiger partial charge on any atom is -0.394 e. The molecule has 1 amide bonds. The minimum absolute atomic E-state index is 0.00766. The molecule has 0 bridgehead atoms. The lowest BCUT2D eigenvalue weighted by atomic mass is 9.83. The number of ether oxygens (including phenoxy) is 4. The van der Waals surface area contributed by atoms with E-state index in [0.29, 0.717) is 6.42 Å². The predicted molar refractivity (Wildman–Crippen MR) is 128 cm³/mol. The van der Waals surface area contributed by atoms with Crippen molar-refractivity contribution < 1.29 is 49.3 Å². The third-order valence-electron chi connectivity index (χ3n) is 6.98. The lowest BCUT2D eigenvalue weighted by Crippen LogP contribution is -2.67. The highest BCUT2D eigenvalue weighted by Gasteiger charge is 2.52. The number of halogens is 1. The fraction of sp³-hybridized carbons (Fsp3) is 0.952. The molecule has 16 heteroatoms. The highest BCUT2D eigenvalue weighted by atomic mass is 35.5. The maximum atomic E-state index is 12.4. The average molecular weight is 558 g/mol. The van der Waals surface area contributed by atoms with E-state index in [2.05, 4.69) is 5.32 Å². The number of aliphatic hydroxyl groups excluding tert-OH is 5. The van der Waals surface area contributed by atoms with Gasteiger partial charge in [0.15, 0.2) is 12.6 Å². The standard InChI is InChI=1S/C21H40ClN5O10/c22-8-3-7(5-24)34-20(13(8)26)36-17-9(25)4-10(27-19(33)11(29)1-2-23)14(30)18(17)37-21-16(32)15(31)12(6-28)35-21/h7-18,20-21,28-32H,1-6,23-26H2,(H,27,33). The summed E-state index contributed by atoms with van der Waals surface area (Å²) in [6, 6.07) is -2.63. The zero-order valence-electron chi connectivity index (χ0n) is 20.3. The van der Waals surface area contributed by atoms with Crippen LogP contribution in [-0.4, -0.2) is 136 Å². The van der Waals surface area contributed by atoms with Crippen molar-refractivity contribution >= 4 is 17.5 Å². The second kappa shape index (κ2) is 13.5. The smallest absolute Gasteiger partial charge is 0.249 e. The molecule has 1 aliphatic carbocycles. The Morgan fingerprint density at radius 1 is 1.03 bits per heavy atom. The van der Waals surface area contributed by atoms with E-state index in [-0.39, 0.29) is 25.9 Å². The number of nitrogens with two attached hydrogens (primary N) is 4. The van der Waals surface area contributed by atoms with Crippen LogP contribution in [0, 0.1) is 0 Å².